The Labute approximate surface area is 93.5 Å². The molecule has 1 amide bonds. The van der Waals surface area contributed by atoms with Gasteiger partial charge >= 0.3 is 6.61 Å². The zero-order valence-corrected chi connectivity index (χ0v) is 9.35. The van der Waals surface area contributed by atoms with E-state index in [0.717, 1.165) is 0 Å². The van der Waals surface area contributed by atoms with Gasteiger partial charge in [0.1, 0.15) is 5.75 Å². The summed E-state index contributed by atoms with van der Waals surface area (Å²) in [5, 5.41) is 2.48. The van der Waals surface area contributed by atoms with E-state index < -0.39 is 6.61 Å². The van der Waals surface area contributed by atoms with Crippen LogP contribution in [0, 0.1) is 0 Å². The van der Waals surface area contributed by atoms with Gasteiger partial charge in [0.15, 0.2) is 0 Å². The molecule has 0 aliphatic rings. The van der Waals surface area contributed by atoms with Gasteiger partial charge in [-0.25, -0.2) is 0 Å². The number of alkyl halides is 2. The third kappa shape index (κ3) is 3.83. The smallest absolute Gasteiger partial charge is 0.387 e. The van der Waals surface area contributed by atoms with Crippen LogP contribution < -0.4 is 10.1 Å². The first-order valence-electron chi connectivity index (χ1n) is 4.01. The Morgan fingerprint density at radius 1 is 1.53 bits per heavy atom. The Bertz CT molecular complexity index is 371. The summed E-state index contributed by atoms with van der Waals surface area (Å²) in [7, 11) is 0. The molecule has 15 heavy (non-hydrogen) atoms. The molecule has 1 aromatic carbocycles. The van der Waals surface area contributed by atoms with Crippen molar-refractivity contribution in [3.05, 3.63) is 22.7 Å². The predicted molar refractivity (Wildman–Crippen MR) is 55.1 cm³/mol. The van der Waals surface area contributed by atoms with Gasteiger partial charge in [-0.3, -0.25) is 4.79 Å². The van der Waals surface area contributed by atoms with Crippen LogP contribution in [0.15, 0.2) is 22.7 Å². The van der Waals surface area contributed by atoms with Crippen LogP contribution in [-0.2, 0) is 4.79 Å². The second kappa shape index (κ2) is 5.06. The molecule has 0 saturated heterocycles. The third-order valence-corrected chi connectivity index (χ3v) is 2.17. The van der Waals surface area contributed by atoms with E-state index in [1.807, 2.05) is 0 Å². The molecular formula is C9H8BrF2NO2. The molecule has 0 heterocycles. The maximum absolute atomic E-state index is 11.9. The van der Waals surface area contributed by atoms with Crippen LogP contribution in [0.3, 0.4) is 0 Å². The van der Waals surface area contributed by atoms with Crippen molar-refractivity contribution in [1.82, 2.24) is 0 Å². The number of carbonyl (C=O) groups excluding carboxylic acids is 1. The molecule has 1 rings (SSSR count). The van der Waals surface area contributed by atoms with E-state index in [4.69, 9.17) is 0 Å². The van der Waals surface area contributed by atoms with E-state index in [-0.39, 0.29) is 11.7 Å². The molecule has 3 nitrogen and oxygen atoms in total. The summed E-state index contributed by atoms with van der Waals surface area (Å²) in [5.74, 6) is -0.290. The number of nitrogens with one attached hydrogen (secondary N) is 1. The standard InChI is InChI=1S/C9H8BrF2NO2/c1-5(14)13-8-4-6(15-9(11)12)2-3-7(8)10/h2-4,9H,1H3,(H,13,14). The van der Waals surface area contributed by atoms with Gasteiger partial charge in [-0.05, 0) is 28.1 Å². The molecule has 0 radical (unpaired) electrons. The van der Waals surface area contributed by atoms with Crippen molar-refractivity contribution in [2.75, 3.05) is 5.32 Å². The lowest BCUT2D eigenvalue weighted by Crippen LogP contribution is -2.07. The fraction of sp³-hybridized carbons (Fsp3) is 0.222. The minimum absolute atomic E-state index is 0.00282. The predicted octanol–water partition coefficient (Wildman–Crippen LogP) is 3.01. The van der Waals surface area contributed by atoms with Crippen molar-refractivity contribution < 1.29 is 18.3 Å². The first kappa shape index (κ1) is 11.9. The molecule has 0 unspecified atom stereocenters. The zero-order valence-electron chi connectivity index (χ0n) is 7.76. The van der Waals surface area contributed by atoms with Crippen LogP contribution >= 0.6 is 15.9 Å². The third-order valence-electron chi connectivity index (χ3n) is 1.47. The molecular weight excluding hydrogens is 272 g/mol. The van der Waals surface area contributed by atoms with Crippen LogP contribution in [0.4, 0.5) is 14.5 Å². The molecule has 0 bridgehead atoms. The summed E-state index contributed by atoms with van der Waals surface area (Å²) in [6.45, 7) is -1.55. The van der Waals surface area contributed by atoms with Gasteiger partial charge in [-0.2, -0.15) is 8.78 Å². The summed E-state index contributed by atoms with van der Waals surface area (Å²) in [5.41, 5.74) is 0.389. The van der Waals surface area contributed by atoms with Crippen LogP contribution in [0.1, 0.15) is 6.92 Å². The zero-order chi connectivity index (χ0) is 11.4. The van der Waals surface area contributed by atoms with E-state index in [0.29, 0.717) is 10.2 Å². The van der Waals surface area contributed by atoms with Gasteiger partial charge in [-0.1, -0.05) is 0 Å². The maximum atomic E-state index is 11.9. The first-order chi connectivity index (χ1) is 6.99. The summed E-state index contributed by atoms with van der Waals surface area (Å²) < 4.78 is 28.6. The largest absolute Gasteiger partial charge is 0.435 e. The van der Waals surface area contributed by atoms with Gasteiger partial charge in [-0.15, -0.1) is 0 Å². The summed E-state index contributed by atoms with van der Waals surface area (Å²) in [6, 6.07) is 4.21. The number of halogens is 3. The molecule has 0 saturated carbocycles. The van der Waals surface area contributed by atoms with Gasteiger partial charge in [0.2, 0.25) is 5.91 Å². The molecule has 0 aromatic heterocycles. The van der Waals surface area contributed by atoms with Crippen LogP contribution in [-0.4, -0.2) is 12.5 Å². The lowest BCUT2D eigenvalue weighted by molar-refractivity contribution is -0.114. The van der Waals surface area contributed by atoms with Crippen LogP contribution in [0.25, 0.3) is 0 Å². The lowest BCUT2D eigenvalue weighted by Gasteiger charge is -2.08. The Kier molecular flexibility index (Phi) is 4.02. The Balaban J connectivity index is 2.89. The maximum Gasteiger partial charge on any atom is 0.387 e. The van der Waals surface area contributed by atoms with Crippen molar-refractivity contribution in [2.45, 2.75) is 13.5 Å². The molecule has 6 heteroatoms. The molecule has 0 aliphatic carbocycles. The fourth-order valence-corrected chi connectivity index (χ4v) is 1.31. The fourth-order valence-electron chi connectivity index (χ4n) is 0.966. The number of anilines is 1. The summed E-state index contributed by atoms with van der Waals surface area (Å²) >= 11 is 3.17. The van der Waals surface area contributed by atoms with E-state index in [1.54, 1.807) is 0 Å². The number of hydrogen-bond acceptors (Lipinski definition) is 2. The molecule has 0 aliphatic heterocycles. The van der Waals surface area contributed by atoms with E-state index in [1.165, 1.54) is 25.1 Å². The summed E-state index contributed by atoms with van der Waals surface area (Å²) in [4.78, 5) is 10.8. The van der Waals surface area contributed by atoms with Gasteiger partial charge in [0.05, 0.1) is 5.69 Å². The number of rotatable bonds is 3. The van der Waals surface area contributed by atoms with E-state index >= 15 is 0 Å². The van der Waals surface area contributed by atoms with Gasteiger partial charge < -0.3 is 10.1 Å². The average molecular weight is 280 g/mol. The van der Waals surface area contributed by atoms with Gasteiger partial charge in [0, 0.05) is 17.5 Å². The minimum Gasteiger partial charge on any atom is -0.435 e. The highest BCUT2D eigenvalue weighted by atomic mass is 79.9. The second-order valence-electron chi connectivity index (χ2n) is 2.70. The molecule has 1 aromatic rings. The van der Waals surface area contributed by atoms with Crippen molar-refractivity contribution >= 4 is 27.5 Å². The van der Waals surface area contributed by atoms with Crippen LogP contribution in [0.5, 0.6) is 5.75 Å². The Morgan fingerprint density at radius 2 is 2.20 bits per heavy atom. The highest BCUT2D eigenvalue weighted by Gasteiger charge is 2.07. The average Bonchev–Trinajstić information content (AvgIpc) is 2.09. The molecule has 0 spiro atoms. The molecule has 0 atom stereocenters. The van der Waals surface area contributed by atoms with Crippen molar-refractivity contribution in [1.29, 1.82) is 0 Å². The van der Waals surface area contributed by atoms with Crippen molar-refractivity contribution in [2.24, 2.45) is 0 Å². The summed E-state index contributed by atoms with van der Waals surface area (Å²) in [6.07, 6.45) is 0. The Hall–Kier alpha value is -1.17. The Morgan fingerprint density at radius 3 is 2.73 bits per heavy atom. The van der Waals surface area contributed by atoms with Crippen LogP contribution in [0.2, 0.25) is 0 Å². The molecule has 0 fully saturated rings. The van der Waals surface area contributed by atoms with Crippen molar-refractivity contribution in [3.8, 4) is 5.75 Å². The SMILES string of the molecule is CC(=O)Nc1cc(OC(F)F)ccc1Br. The van der Waals surface area contributed by atoms with E-state index in [2.05, 4.69) is 26.0 Å². The number of hydrogen-bond donors (Lipinski definition) is 1. The number of benzene rings is 1. The second-order valence-corrected chi connectivity index (χ2v) is 3.56. The highest BCUT2D eigenvalue weighted by molar-refractivity contribution is 9.10. The topological polar surface area (TPSA) is 38.3 Å². The quantitative estimate of drug-likeness (QED) is 0.924. The molecule has 1 N–H and O–H groups in total. The number of ether oxygens (including phenoxy) is 1. The lowest BCUT2D eigenvalue weighted by atomic mass is 10.3. The normalized spacial score (nSPS) is 10.2. The van der Waals surface area contributed by atoms with Gasteiger partial charge in [0.25, 0.3) is 0 Å². The first-order valence-corrected chi connectivity index (χ1v) is 4.80. The highest BCUT2D eigenvalue weighted by Crippen LogP contribution is 2.27. The van der Waals surface area contributed by atoms with E-state index in [9.17, 15) is 13.6 Å². The molecule has 82 valence electrons. The minimum atomic E-state index is -2.88. The monoisotopic (exact) mass is 279 g/mol. The number of amides is 1. The van der Waals surface area contributed by atoms with Crippen molar-refractivity contribution in [3.63, 3.8) is 0 Å². The number of carbonyl (C=O) groups is 1.